The molecule has 1 aliphatic rings. The van der Waals surface area contributed by atoms with Crippen LogP contribution in [0, 0.1) is 13.8 Å². The Balaban J connectivity index is 1.66. The van der Waals surface area contributed by atoms with Crippen LogP contribution in [0.5, 0.6) is 5.75 Å². The van der Waals surface area contributed by atoms with E-state index in [1.165, 1.54) is 35.8 Å². The van der Waals surface area contributed by atoms with Crippen LogP contribution >= 0.6 is 0 Å². The van der Waals surface area contributed by atoms with E-state index in [4.69, 9.17) is 4.74 Å². The monoisotopic (exact) mass is 301 g/mol. The Bertz CT molecular complexity index is 627. The van der Waals surface area contributed by atoms with Crippen LogP contribution in [0.15, 0.2) is 12.3 Å². The zero-order valence-electron chi connectivity index (χ0n) is 13.9. The van der Waals surface area contributed by atoms with Gasteiger partial charge in [0.25, 0.3) is 0 Å². The van der Waals surface area contributed by atoms with Crippen molar-refractivity contribution in [1.82, 2.24) is 15.5 Å². The van der Waals surface area contributed by atoms with Crippen LogP contribution < -0.4 is 10.1 Å². The number of hydrogen-bond donors (Lipinski definition) is 2. The van der Waals surface area contributed by atoms with Gasteiger partial charge in [0.2, 0.25) is 0 Å². The van der Waals surface area contributed by atoms with E-state index in [1.54, 1.807) is 0 Å². The fourth-order valence-electron chi connectivity index (χ4n) is 3.42. The molecule has 0 unspecified atom stereocenters. The van der Waals surface area contributed by atoms with Gasteiger partial charge in [0.15, 0.2) is 0 Å². The summed E-state index contributed by atoms with van der Waals surface area (Å²) in [6.45, 7) is 7.59. The lowest BCUT2D eigenvalue weighted by atomic mass is 9.92. The van der Waals surface area contributed by atoms with Crippen molar-refractivity contribution in [3.63, 3.8) is 0 Å². The van der Waals surface area contributed by atoms with Crippen LogP contribution in [0.4, 0.5) is 0 Å². The van der Waals surface area contributed by atoms with Gasteiger partial charge in [-0.25, -0.2) is 0 Å². The third-order valence-electron chi connectivity index (χ3n) is 4.81. The average Bonchev–Trinajstić information content (AvgIpc) is 3.02. The minimum atomic E-state index is 0.349. The van der Waals surface area contributed by atoms with Crippen molar-refractivity contribution in [1.29, 1.82) is 0 Å². The molecule has 0 bridgehead atoms. The molecule has 1 aromatic heterocycles. The minimum absolute atomic E-state index is 0.349. The summed E-state index contributed by atoms with van der Waals surface area (Å²) < 4.78 is 6.33. The molecular formula is C18H27N3O. The van der Waals surface area contributed by atoms with Gasteiger partial charge in [-0.2, -0.15) is 5.10 Å². The van der Waals surface area contributed by atoms with Crippen molar-refractivity contribution < 1.29 is 4.74 Å². The van der Waals surface area contributed by atoms with Crippen molar-refractivity contribution in [3.05, 3.63) is 23.4 Å². The molecule has 0 spiro atoms. The molecule has 0 aliphatic heterocycles. The van der Waals surface area contributed by atoms with Gasteiger partial charge in [0.1, 0.15) is 5.75 Å². The molecule has 4 heteroatoms. The molecule has 120 valence electrons. The van der Waals surface area contributed by atoms with E-state index in [0.717, 1.165) is 30.7 Å². The summed E-state index contributed by atoms with van der Waals surface area (Å²) in [6, 6.07) is 2.83. The van der Waals surface area contributed by atoms with Crippen LogP contribution in [0.3, 0.4) is 0 Å². The topological polar surface area (TPSA) is 49.9 Å². The van der Waals surface area contributed by atoms with Gasteiger partial charge in [0.05, 0.1) is 17.8 Å². The third kappa shape index (κ3) is 3.12. The first-order valence-electron chi connectivity index (χ1n) is 8.52. The van der Waals surface area contributed by atoms with Gasteiger partial charge in [-0.15, -0.1) is 0 Å². The SMILES string of the molecule is CCCN[C@H]1CC[C@H](Oc2cc(C)c3[nH]ncc3c2C)CC1. The first-order valence-corrected chi connectivity index (χ1v) is 8.52. The summed E-state index contributed by atoms with van der Waals surface area (Å²) >= 11 is 0. The van der Waals surface area contributed by atoms with Crippen LogP contribution in [-0.2, 0) is 0 Å². The summed E-state index contributed by atoms with van der Waals surface area (Å²) in [5, 5.41) is 12.0. The number of nitrogens with zero attached hydrogens (tertiary/aromatic N) is 1. The van der Waals surface area contributed by atoms with E-state index in [0.29, 0.717) is 12.1 Å². The zero-order valence-corrected chi connectivity index (χ0v) is 13.9. The van der Waals surface area contributed by atoms with Crippen LogP contribution in [0.1, 0.15) is 50.2 Å². The van der Waals surface area contributed by atoms with Gasteiger partial charge in [-0.05, 0) is 64.1 Å². The third-order valence-corrected chi connectivity index (χ3v) is 4.81. The first kappa shape index (κ1) is 15.3. The number of ether oxygens (including phenoxy) is 1. The fourth-order valence-corrected chi connectivity index (χ4v) is 3.42. The predicted octanol–water partition coefficient (Wildman–Crippen LogP) is 3.87. The number of H-pyrrole nitrogens is 1. The Morgan fingerprint density at radius 2 is 2.05 bits per heavy atom. The Labute approximate surface area is 132 Å². The summed E-state index contributed by atoms with van der Waals surface area (Å²) in [7, 11) is 0. The molecule has 3 rings (SSSR count). The fraction of sp³-hybridized carbons (Fsp3) is 0.611. The van der Waals surface area contributed by atoms with Crippen LogP contribution in [-0.4, -0.2) is 28.9 Å². The Kier molecular flexibility index (Phi) is 4.67. The van der Waals surface area contributed by atoms with Gasteiger partial charge in [-0.1, -0.05) is 6.92 Å². The highest BCUT2D eigenvalue weighted by atomic mass is 16.5. The molecular weight excluding hydrogens is 274 g/mol. The lowest BCUT2D eigenvalue weighted by molar-refractivity contribution is 0.139. The number of fused-ring (bicyclic) bond motifs is 1. The summed E-state index contributed by atoms with van der Waals surface area (Å²) in [5.74, 6) is 1.02. The van der Waals surface area contributed by atoms with Crippen molar-refractivity contribution >= 4 is 10.9 Å². The first-order chi connectivity index (χ1) is 10.7. The van der Waals surface area contributed by atoms with Crippen molar-refractivity contribution in [2.75, 3.05) is 6.54 Å². The molecule has 22 heavy (non-hydrogen) atoms. The molecule has 0 atom stereocenters. The second-order valence-corrected chi connectivity index (χ2v) is 6.52. The Morgan fingerprint density at radius 1 is 1.27 bits per heavy atom. The maximum absolute atomic E-state index is 6.33. The van der Waals surface area contributed by atoms with Crippen molar-refractivity contribution in [2.45, 2.75) is 65.0 Å². The van der Waals surface area contributed by atoms with E-state index in [-0.39, 0.29) is 0 Å². The van der Waals surface area contributed by atoms with Crippen LogP contribution in [0.25, 0.3) is 10.9 Å². The summed E-state index contributed by atoms with van der Waals surface area (Å²) in [6.07, 6.45) is 8.18. The van der Waals surface area contributed by atoms with E-state index in [9.17, 15) is 0 Å². The second-order valence-electron chi connectivity index (χ2n) is 6.52. The molecule has 0 radical (unpaired) electrons. The van der Waals surface area contributed by atoms with Crippen LogP contribution in [0.2, 0.25) is 0 Å². The van der Waals surface area contributed by atoms with Gasteiger partial charge in [-0.3, -0.25) is 5.10 Å². The highest BCUT2D eigenvalue weighted by molar-refractivity contribution is 5.86. The van der Waals surface area contributed by atoms with E-state index in [2.05, 4.69) is 42.4 Å². The van der Waals surface area contributed by atoms with Gasteiger partial charge < -0.3 is 10.1 Å². The lowest BCUT2D eigenvalue weighted by Crippen LogP contribution is -2.36. The minimum Gasteiger partial charge on any atom is -0.490 e. The molecule has 2 N–H and O–H groups in total. The zero-order chi connectivity index (χ0) is 15.5. The number of benzene rings is 1. The summed E-state index contributed by atoms with van der Waals surface area (Å²) in [4.78, 5) is 0. The number of aryl methyl sites for hydroxylation is 2. The Morgan fingerprint density at radius 3 is 2.77 bits per heavy atom. The number of hydrogen-bond acceptors (Lipinski definition) is 3. The molecule has 1 heterocycles. The summed E-state index contributed by atoms with van der Waals surface area (Å²) in [5.41, 5.74) is 3.52. The average molecular weight is 301 g/mol. The Hall–Kier alpha value is -1.55. The normalized spacial score (nSPS) is 22.1. The second kappa shape index (κ2) is 6.69. The van der Waals surface area contributed by atoms with E-state index in [1.807, 2.05) is 6.20 Å². The molecule has 1 aromatic carbocycles. The van der Waals surface area contributed by atoms with E-state index >= 15 is 0 Å². The number of rotatable bonds is 5. The smallest absolute Gasteiger partial charge is 0.123 e. The maximum atomic E-state index is 6.33. The number of nitrogens with one attached hydrogen (secondary N) is 2. The highest BCUT2D eigenvalue weighted by Gasteiger charge is 2.23. The van der Waals surface area contributed by atoms with Crippen molar-refractivity contribution in [3.8, 4) is 5.75 Å². The number of aromatic nitrogens is 2. The van der Waals surface area contributed by atoms with Gasteiger partial charge >= 0.3 is 0 Å². The quantitative estimate of drug-likeness (QED) is 0.881. The highest BCUT2D eigenvalue weighted by Crippen LogP contribution is 2.32. The molecule has 1 fully saturated rings. The predicted molar refractivity (Wildman–Crippen MR) is 90.5 cm³/mol. The maximum Gasteiger partial charge on any atom is 0.123 e. The lowest BCUT2D eigenvalue weighted by Gasteiger charge is -2.30. The molecule has 1 saturated carbocycles. The largest absolute Gasteiger partial charge is 0.490 e. The molecule has 1 aliphatic carbocycles. The van der Waals surface area contributed by atoms with Crippen molar-refractivity contribution in [2.24, 2.45) is 0 Å². The standard InChI is InChI=1S/C18H27N3O/c1-4-9-19-14-5-7-15(8-6-14)22-17-10-12(2)18-16(13(17)3)11-20-21-18/h10-11,14-15,19H,4-9H2,1-3H3,(H,20,21)/t14-,15-. The molecule has 0 amide bonds. The molecule has 0 saturated heterocycles. The molecule has 4 nitrogen and oxygen atoms in total. The number of aromatic amines is 1. The molecule has 2 aromatic rings. The van der Waals surface area contributed by atoms with Gasteiger partial charge in [0, 0.05) is 17.0 Å². The van der Waals surface area contributed by atoms with E-state index < -0.39 is 0 Å².